The third kappa shape index (κ3) is 3.71. The molecule has 6 heteroatoms. The van der Waals surface area contributed by atoms with Crippen LogP contribution in [0.3, 0.4) is 0 Å². The quantitative estimate of drug-likeness (QED) is 0.615. The maximum absolute atomic E-state index is 5.46. The summed E-state index contributed by atoms with van der Waals surface area (Å²) in [7, 11) is 0. The average Bonchev–Trinajstić information content (AvgIpc) is 2.93. The van der Waals surface area contributed by atoms with Crippen LogP contribution >= 0.6 is 0 Å². The van der Waals surface area contributed by atoms with Gasteiger partial charge in [0.15, 0.2) is 0 Å². The van der Waals surface area contributed by atoms with E-state index < -0.39 is 0 Å². The largest absolute Gasteiger partial charge is 0.462 e. The smallest absolute Gasteiger partial charge is 0.323 e. The third-order valence-electron chi connectivity index (χ3n) is 2.80. The number of terminal acetylenes is 1. The second-order valence-electron chi connectivity index (χ2n) is 4.27. The number of hydrogen-bond acceptors (Lipinski definition) is 6. The predicted octanol–water partition coefficient (Wildman–Crippen LogP) is 1.31. The molecule has 1 aromatic heterocycles. The number of ether oxygens (including phenoxy) is 1. The van der Waals surface area contributed by atoms with Crippen molar-refractivity contribution in [2.75, 3.05) is 36.5 Å². The number of nitrogens with zero attached hydrogens (tertiary/aromatic N) is 4. The van der Waals surface area contributed by atoms with E-state index in [-0.39, 0.29) is 0 Å². The second-order valence-corrected chi connectivity index (χ2v) is 4.27. The van der Waals surface area contributed by atoms with Gasteiger partial charge in [0, 0.05) is 26.1 Å². The van der Waals surface area contributed by atoms with Gasteiger partial charge in [0.1, 0.15) is 6.61 Å². The van der Waals surface area contributed by atoms with Gasteiger partial charge in [0.2, 0.25) is 11.9 Å². The highest BCUT2D eigenvalue weighted by Crippen LogP contribution is 2.19. The lowest BCUT2D eigenvalue weighted by Crippen LogP contribution is -2.22. The van der Waals surface area contributed by atoms with Gasteiger partial charge in [-0.1, -0.05) is 0 Å². The van der Waals surface area contributed by atoms with Crippen molar-refractivity contribution in [2.45, 2.75) is 26.2 Å². The average molecular weight is 261 g/mol. The molecule has 0 saturated carbocycles. The van der Waals surface area contributed by atoms with E-state index in [9.17, 15) is 0 Å². The summed E-state index contributed by atoms with van der Waals surface area (Å²) >= 11 is 0. The van der Waals surface area contributed by atoms with Crippen LogP contribution in [0.25, 0.3) is 0 Å². The van der Waals surface area contributed by atoms with Gasteiger partial charge in [-0.3, -0.25) is 0 Å². The fraction of sp³-hybridized carbons (Fsp3) is 0.615. The Morgan fingerprint density at radius 2 is 2.11 bits per heavy atom. The summed E-state index contributed by atoms with van der Waals surface area (Å²) in [5.41, 5.74) is 0. The molecule has 1 fully saturated rings. The van der Waals surface area contributed by atoms with E-state index in [1.165, 1.54) is 12.8 Å². The van der Waals surface area contributed by atoms with Crippen LogP contribution in [0.2, 0.25) is 0 Å². The summed E-state index contributed by atoms with van der Waals surface area (Å²) in [5, 5.41) is 3.09. The summed E-state index contributed by atoms with van der Waals surface area (Å²) in [4.78, 5) is 15.1. The minimum atomic E-state index is 0.336. The maximum Gasteiger partial charge on any atom is 0.323 e. The molecule has 0 aromatic carbocycles. The fourth-order valence-electron chi connectivity index (χ4n) is 1.91. The van der Waals surface area contributed by atoms with Gasteiger partial charge >= 0.3 is 6.01 Å². The first-order valence-corrected chi connectivity index (χ1v) is 6.64. The third-order valence-corrected chi connectivity index (χ3v) is 2.80. The zero-order valence-electron chi connectivity index (χ0n) is 11.2. The van der Waals surface area contributed by atoms with Crippen molar-refractivity contribution in [2.24, 2.45) is 0 Å². The molecule has 1 aliphatic heterocycles. The van der Waals surface area contributed by atoms with Gasteiger partial charge in [0.05, 0.1) is 0 Å². The number of aromatic nitrogens is 3. The molecule has 0 amide bonds. The Kier molecular flexibility index (Phi) is 4.78. The summed E-state index contributed by atoms with van der Waals surface area (Å²) in [6.07, 6.45) is 8.09. The maximum atomic E-state index is 5.46. The Labute approximate surface area is 113 Å². The molecule has 0 spiro atoms. The van der Waals surface area contributed by atoms with Gasteiger partial charge in [0.25, 0.3) is 0 Å². The Morgan fingerprint density at radius 3 is 2.79 bits per heavy atom. The fourth-order valence-corrected chi connectivity index (χ4v) is 1.91. The highest BCUT2D eigenvalue weighted by atomic mass is 16.5. The van der Waals surface area contributed by atoms with Crippen molar-refractivity contribution in [1.82, 2.24) is 15.0 Å². The van der Waals surface area contributed by atoms with Crippen LogP contribution in [0.4, 0.5) is 11.9 Å². The van der Waals surface area contributed by atoms with E-state index >= 15 is 0 Å². The number of anilines is 2. The summed E-state index contributed by atoms with van der Waals surface area (Å²) in [5.74, 6) is 3.76. The Bertz CT molecular complexity index is 451. The van der Waals surface area contributed by atoms with Crippen LogP contribution in [0, 0.1) is 12.3 Å². The zero-order valence-corrected chi connectivity index (χ0v) is 11.2. The highest BCUT2D eigenvalue weighted by molar-refractivity contribution is 5.39. The minimum absolute atomic E-state index is 0.336. The molecule has 1 aliphatic rings. The molecule has 1 saturated heterocycles. The van der Waals surface area contributed by atoms with Crippen LogP contribution in [0.5, 0.6) is 6.01 Å². The summed E-state index contributed by atoms with van der Waals surface area (Å²) in [6.45, 7) is 5.15. The molecular weight excluding hydrogens is 242 g/mol. The van der Waals surface area contributed by atoms with Crippen LogP contribution in [-0.2, 0) is 0 Å². The first-order valence-electron chi connectivity index (χ1n) is 6.64. The van der Waals surface area contributed by atoms with Crippen molar-refractivity contribution in [3.8, 4) is 18.4 Å². The molecule has 2 rings (SSSR count). The first-order chi connectivity index (χ1) is 9.33. The molecule has 0 unspecified atom stereocenters. The van der Waals surface area contributed by atoms with Crippen LogP contribution in [-0.4, -0.2) is 41.2 Å². The first kappa shape index (κ1) is 13.4. The van der Waals surface area contributed by atoms with E-state index in [4.69, 9.17) is 11.2 Å². The van der Waals surface area contributed by atoms with Crippen LogP contribution in [0.1, 0.15) is 26.2 Å². The lowest BCUT2D eigenvalue weighted by molar-refractivity contribution is 0.300. The molecule has 6 nitrogen and oxygen atoms in total. The molecule has 1 N–H and O–H groups in total. The van der Waals surface area contributed by atoms with Gasteiger partial charge in [-0.2, -0.15) is 15.0 Å². The molecule has 2 heterocycles. The van der Waals surface area contributed by atoms with Crippen molar-refractivity contribution in [3.05, 3.63) is 0 Å². The van der Waals surface area contributed by atoms with Crippen LogP contribution < -0.4 is 15.0 Å². The van der Waals surface area contributed by atoms with Crippen molar-refractivity contribution < 1.29 is 4.74 Å². The monoisotopic (exact) mass is 261 g/mol. The molecule has 1 aromatic rings. The van der Waals surface area contributed by atoms with E-state index in [2.05, 4.69) is 31.1 Å². The van der Waals surface area contributed by atoms with E-state index in [1.807, 2.05) is 6.92 Å². The lowest BCUT2D eigenvalue weighted by Gasteiger charge is -2.16. The summed E-state index contributed by atoms with van der Waals surface area (Å²) < 4.78 is 5.46. The number of rotatable bonds is 6. The second kappa shape index (κ2) is 6.78. The SMILES string of the molecule is C#CCCOc1nc(NCC)nc(N2CCCC2)n1. The van der Waals surface area contributed by atoms with E-state index in [1.54, 1.807) is 0 Å². The van der Waals surface area contributed by atoms with E-state index in [0.29, 0.717) is 30.9 Å². The highest BCUT2D eigenvalue weighted by Gasteiger charge is 2.17. The lowest BCUT2D eigenvalue weighted by atomic mass is 10.4. The molecule has 0 aliphatic carbocycles. The van der Waals surface area contributed by atoms with Crippen molar-refractivity contribution in [3.63, 3.8) is 0 Å². The Hall–Kier alpha value is -2.03. The van der Waals surface area contributed by atoms with Gasteiger partial charge in [-0.25, -0.2) is 0 Å². The van der Waals surface area contributed by atoms with E-state index in [0.717, 1.165) is 19.6 Å². The van der Waals surface area contributed by atoms with Gasteiger partial charge < -0.3 is 15.0 Å². The van der Waals surface area contributed by atoms with Gasteiger partial charge in [-0.05, 0) is 19.8 Å². The summed E-state index contributed by atoms with van der Waals surface area (Å²) in [6, 6.07) is 0.336. The topological polar surface area (TPSA) is 63.2 Å². The molecule has 0 atom stereocenters. The zero-order chi connectivity index (χ0) is 13.5. The standard InChI is InChI=1S/C13H19N5O/c1-3-5-10-19-13-16-11(14-4-2)15-12(17-13)18-8-6-7-9-18/h1H,4-10H2,2H3,(H,14,15,16,17). The molecule has 0 radical (unpaired) electrons. The van der Waals surface area contributed by atoms with Gasteiger partial charge in [-0.15, -0.1) is 12.3 Å². The predicted molar refractivity (Wildman–Crippen MR) is 74.4 cm³/mol. The Balaban J connectivity index is 2.14. The normalized spacial score (nSPS) is 14.2. The number of nitrogens with one attached hydrogen (secondary N) is 1. The molecule has 102 valence electrons. The van der Waals surface area contributed by atoms with Crippen LogP contribution in [0.15, 0.2) is 0 Å². The van der Waals surface area contributed by atoms with Crippen molar-refractivity contribution >= 4 is 11.9 Å². The van der Waals surface area contributed by atoms with Crippen molar-refractivity contribution in [1.29, 1.82) is 0 Å². The minimum Gasteiger partial charge on any atom is -0.462 e. The Morgan fingerprint density at radius 1 is 1.32 bits per heavy atom. The molecular formula is C13H19N5O. The molecule has 0 bridgehead atoms. The molecule has 19 heavy (non-hydrogen) atoms. The number of hydrogen-bond donors (Lipinski definition) is 1.